The molecule has 2 rings (SSSR count). The van der Waals surface area contributed by atoms with Crippen LogP contribution < -0.4 is 0 Å². The summed E-state index contributed by atoms with van der Waals surface area (Å²) in [5.74, 6) is -1.50. The lowest BCUT2D eigenvalue weighted by molar-refractivity contribution is 0.173. The molecule has 0 radical (unpaired) electrons. The van der Waals surface area contributed by atoms with Gasteiger partial charge in [0.15, 0.2) is 0 Å². The van der Waals surface area contributed by atoms with Crippen LogP contribution in [-0.4, -0.2) is 74.7 Å². The van der Waals surface area contributed by atoms with Crippen molar-refractivity contribution in [3.05, 3.63) is 0 Å². The lowest BCUT2D eigenvalue weighted by Crippen LogP contribution is -2.46. The Morgan fingerprint density at radius 1 is 0.800 bits per heavy atom. The fourth-order valence-corrected chi connectivity index (χ4v) is 6.82. The Balaban J connectivity index is 2.17. The van der Waals surface area contributed by atoms with E-state index in [2.05, 4.69) is 16.7 Å². The molecule has 2 unspecified atom stereocenters. The van der Waals surface area contributed by atoms with E-state index in [1.165, 1.54) is 0 Å². The molecular formula is C9H16O12S4. The van der Waals surface area contributed by atoms with Gasteiger partial charge < -0.3 is 0 Å². The topological polar surface area (TPSA) is 173 Å². The number of rotatable bonds is 6. The Hall–Kier alpha value is -0.360. The Kier molecular flexibility index (Phi) is 5.33. The first-order chi connectivity index (χ1) is 11.1. The van der Waals surface area contributed by atoms with Crippen molar-refractivity contribution in [2.45, 2.75) is 30.1 Å². The molecule has 0 aromatic carbocycles. The van der Waals surface area contributed by atoms with Gasteiger partial charge in [0.25, 0.3) is 40.5 Å². The van der Waals surface area contributed by atoms with Crippen molar-refractivity contribution >= 4 is 40.5 Å². The molecule has 2 atom stereocenters. The minimum absolute atomic E-state index is 0.576. The molecule has 0 amide bonds. The Labute approximate surface area is 145 Å². The van der Waals surface area contributed by atoms with Crippen LogP contribution in [0.25, 0.3) is 0 Å². The van der Waals surface area contributed by atoms with Gasteiger partial charge in [-0.3, -0.25) is 16.7 Å². The molecule has 12 nitrogen and oxygen atoms in total. The smallest absolute Gasteiger partial charge is 0.267 e. The summed E-state index contributed by atoms with van der Waals surface area (Å²) in [6.07, 6.45) is -2.81. The van der Waals surface area contributed by atoms with Crippen molar-refractivity contribution in [1.82, 2.24) is 0 Å². The van der Waals surface area contributed by atoms with Crippen LogP contribution in [0, 0.1) is 0 Å². The zero-order chi connectivity index (χ0) is 19.3. The maximum atomic E-state index is 12.3. The summed E-state index contributed by atoms with van der Waals surface area (Å²) in [4.78, 5) is 0. The second kappa shape index (κ2) is 6.36. The first-order valence-corrected chi connectivity index (χ1v) is 12.6. The summed E-state index contributed by atoms with van der Waals surface area (Å²) >= 11 is 0. The molecule has 2 aliphatic heterocycles. The lowest BCUT2D eigenvalue weighted by atomic mass is 10.5. The van der Waals surface area contributed by atoms with Gasteiger partial charge in [0.1, 0.15) is 23.7 Å². The maximum absolute atomic E-state index is 12.3. The highest BCUT2D eigenvalue weighted by Crippen LogP contribution is 2.31. The molecule has 0 saturated carbocycles. The fraction of sp³-hybridized carbons (Fsp3) is 1.00. The monoisotopic (exact) mass is 444 g/mol. The Morgan fingerprint density at radius 2 is 1.12 bits per heavy atom. The number of hydrogen-bond donors (Lipinski definition) is 0. The highest BCUT2D eigenvalue weighted by Gasteiger charge is 2.52. The van der Waals surface area contributed by atoms with E-state index in [-0.39, 0.29) is 0 Å². The first-order valence-electron chi connectivity index (χ1n) is 6.67. The molecule has 2 aliphatic rings. The van der Waals surface area contributed by atoms with Gasteiger partial charge in [-0.2, -0.15) is 33.7 Å². The lowest BCUT2D eigenvalue weighted by Gasteiger charge is -2.25. The molecule has 0 aliphatic carbocycles. The maximum Gasteiger partial charge on any atom is 0.290 e. The van der Waals surface area contributed by atoms with Gasteiger partial charge >= 0.3 is 0 Å². The molecule has 0 aromatic heterocycles. The highest BCUT2D eigenvalue weighted by atomic mass is 32.3. The van der Waals surface area contributed by atoms with E-state index >= 15 is 0 Å². The molecule has 0 N–H and O–H groups in total. The minimum atomic E-state index is -4.87. The van der Waals surface area contributed by atoms with E-state index in [1.807, 2.05) is 0 Å². The molecule has 25 heavy (non-hydrogen) atoms. The van der Waals surface area contributed by atoms with Gasteiger partial charge in [0, 0.05) is 0 Å². The summed E-state index contributed by atoms with van der Waals surface area (Å²) in [5, 5.41) is 0. The summed E-state index contributed by atoms with van der Waals surface area (Å²) in [6.45, 7) is 0.388. The van der Waals surface area contributed by atoms with Crippen LogP contribution in [0.5, 0.6) is 0 Å². The first kappa shape index (κ1) is 20.9. The van der Waals surface area contributed by atoms with E-state index in [9.17, 15) is 33.7 Å². The molecule has 0 aromatic rings. The molecule has 16 heteroatoms. The van der Waals surface area contributed by atoms with Crippen LogP contribution in [0.2, 0.25) is 0 Å². The average molecular weight is 444 g/mol. The largest absolute Gasteiger partial charge is 0.290 e. The number of hydrogen-bond acceptors (Lipinski definition) is 12. The zero-order valence-corrected chi connectivity index (χ0v) is 16.3. The Bertz CT molecular complexity index is 862. The second-order valence-corrected chi connectivity index (χ2v) is 13.6. The van der Waals surface area contributed by atoms with E-state index in [4.69, 9.17) is 0 Å². The van der Waals surface area contributed by atoms with E-state index in [1.54, 1.807) is 0 Å². The zero-order valence-electron chi connectivity index (χ0n) is 13.0. The van der Waals surface area contributed by atoms with Crippen LogP contribution in [0.4, 0.5) is 0 Å². The van der Waals surface area contributed by atoms with Crippen LogP contribution in [0.15, 0.2) is 0 Å². The summed E-state index contributed by atoms with van der Waals surface area (Å²) in [7, 11) is -17.6. The quantitative estimate of drug-likeness (QED) is 0.408. The van der Waals surface area contributed by atoms with Crippen LogP contribution in [-0.2, 0) is 57.2 Å². The van der Waals surface area contributed by atoms with Gasteiger partial charge in [-0.15, -0.1) is 0 Å². The molecule has 2 fully saturated rings. The van der Waals surface area contributed by atoms with Crippen molar-refractivity contribution in [1.29, 1.82) is 0 Å². The summed E-state index contributed by atoms with van der Waals surface area (Å²) in [6, 6.07) is 0. The SMILES string of the molecule is CC(C)(S(=O)(=O)OC1COS(=O)(=O)C1)S(=O)(=O)OC1COS(=O)(=O)C1. The van der Waals surface area contributed by atoms with E-state index in [0.717, 1.165) is 13.8 Å². The van der Waals surface area contributed by atoms with E-state index in [0.29, 0.717) is 0 Å². The van der Waals surface area contributed by atoms with E-state index < -0.39 is 81.5 Å². The standard InChI is InChI=1S/C9H16O12S4/c1-9(2,24(14,15)20-7-3-18-22(10,11)5-7)25(16,17)21-8-4-19-23(12,13)6-8/h7-8H,3-6H2,1-2H3. The Morgan fingerprint density at radius 3 is 1.36 bits per heavy atom. The third-order valence-corrected chi connectivity index (χ3v) is 10.6. The molecule has 0 spiro atoms. The normalized spacial score (nSPS) is 29.7. The van der Waals surface area contributed by atoms with Gasteiger partial charge in [0.05, 0.1) is 13.2 Å². The van der Waals surface area contributed by atoms with Crippen molar-refractivity contribution in [2.24, 2.45) is 0 Å². The molecular weight excluding hydrogens is 428 g/mol. The summed E-state index contributed by atoms with van der Waals surface area (Å²) < 4.78 is 109. The van der Waals surface area contributed by atoms with Crippen LogP contribution >= 0.6 is 0 Å². The van der Waals surface area contributed by atoms with Crippen molar-refractivity contribution in [3.8, 4) is 0 Å². The van der Waals surface area contributed by atoms with Gasteiger partial charge in [-0.25, -0.2) is 0 Å². The van der Waals surface area contributed by atoms with Crippen LogP contribution in [0.3, 0.4) is 0 Å². The van der Waals surface area contributed by atoms with Crippen molar-refractivity contribution in [2.75, 3.05) is 24.7 Å². The molecule has 2 heterocycles. The predicted octanol–water partition coefficient (Wildman–Crippen LogP) is -2.13. The molecule has 2 saturated heterocycles. The van der Waals surface area contributed by atoms with Crippen LogP contribution in [0.1, 0.15) is 13.8 Å². The third-order valence-electron chi connectivity index (χ3n) is 3.38. The van der Waals surface area contributed by atoms with Gasteiger partial charge in [-0.05, 0) is 13.8 Å². The van der Waals surface area contributed by atoms with Gasteiger partial charge in [-0.1, -0.05) is 0 Å². The van der Waals surface area contributed by atoms with Gasteiger partial charge in [0.2, 0.25) is 4.08 Å². The van der Waals surface area contributed by atoms with Crippen molar-refractivity contribution < 1.29 is 50.4 Å². The highest BCUT2D eigenvalue weighted by molar-refractivity contribution is 8.06. The predicted molar refractivity (Wildman–Crippen MR) is 81.1 cm³/mol. The molecule has 148 valence electrons. The molecule has 0 bridgehead atoms. The van der Waals surface area contributed by atoms with Crippen molar-refractivity contribution in [3.63, 3.8) is 0 Å². The average Bonchev–Trinajstić information content (AvgIpc) is 2.90. The fourth-order valence-electron chi connectivity index (χ4n) is 1.83. The third kappa shape index (κ3) is 4.49. The second-order valence-electron chi connectivity index (χ2n) is 5.76. The summed E-state index contributed by atoms with van der Waals surface area (Å²) in [5.41, 5.74) is 0. The minimum Gasteiger partial charge on any atom is -0.267 e.